The van der Waals surface area contributed by atoms with Crippen LogP contribution in [0.25, 0.3) is 0 Å². The van der Waals surface area contributed by atoms with Crippen molar-refractivity contribution in [1.29, 1.82) is 0 Å². The number of nitrogens with zero attached hydrogens (tertiary/aromatic N) is 4. The second-order valence-electron chi connectivity index (χ2n) is 8.31. The average Bonchev–Trinajstić information content (AvgIpc) is 3.17. The van der Waals surface area contributed by atoms with E-state index in [2.05, 4.69) is 33.1 Å². The first kappa shape index (κ1) is 19.8. The van der Waals surface area contributed by atoms with E-state index >= 15 is 0 Å². The van der Waals surface area contributed by atoms with Crippen molar-refractivity contribution in [3.8, 4) is 0 Å². The van der Waals surface area contributed by atoms with Crippen LogP contribution in [0.2, 0.25) is 0 Å². The normalized spacial score (nSPS) is 24.1. The summed E-state index contributed by atoms with van der Waals surface area (Å²) in [4.78, 5) is 26.6. The fourth-order valence-electron chi connectivity index (χ4n) is 4.82. The van der Waals surface area contributed by atoms with Gasteiger partial charge in [0.05, 0.1) is 6.61 Å². The number of morpholine rings is 1. The van der Waals surface area contributed by atoms with Crippen molar-refractivity contribution in [3.05, 3.63) is 96.1 Å². The summed E-state index contributed by atoms with van der Waals surface area (Å²) in [6, 6.07) is 18.2. The summed E-state index contributed by atoms with van der Waals surface area (Å²) in [6.07, 6.45) is 7.26. The molecule has 6 heteroatoms. The third kappa shape index (κ3) is 3.96. The number of carbonyl (C=O) groups excluding carboxylic acids is 1. The van der Waals surface area contributed by atoms with Crippen LogP contribution in [0, 0.1) is 0 Å². The maximum Gasteiger partial charge on any atom is 0.257 e. The molecule has 0 aliphatic carbocycles. The zero-order valence-corrected chi connectivity index (χ0v) is 17.4. The van der Waals surface area contributed by atoms with Crippen molar-refractivity contribution in [2.24, 2.45) is 0 Å². The monoisotopic (exact) mass is 414 g/mol. The van der Waals surface area contributed by atoms with Crippen LogP contribution >= 0.6 is 0 Å². The number of carbonyl (C=O) groups is 1. The number of hydrogen-bond acceptors (Lipinski definition) is 5. The highest BCUT2D eigenvalue weighted by Gasteiger charge is 2.56. The molecule has 1 amide bonds. The number of aromatic nitrogens is 2. The summed E-state index contributed by atoms with van der Waals surface area (Å²) in [5, 5.41) is 0. The first-order valence-corrected chi connectivity index (χ1v) is 10.7. The first-order chi connectivity index (χ1) is 15.2. The first-order valence-electron chi connectivity index (χ1n) is 10.7. The Kier molecular flexibility index (Phi) is 5.49. The molecule has 3 aromatic rings. The van der Waals surface area contributed by atoms with E-state index in [9.17, 15) is 4.79 Å². The van der Waals surface area contributed by atoms with Crippen molar-refractivity contribution in [2.45, 2.75) is 24.6 Å². The topological polar surface area (TPSA) is 58.6 Å². The molecule has 0 N–H and O–H groups in total. The van der Waals surface area contributed by atoms with E-state index in [0.717, 1.165) is 24.2 Å². The molecule has 158 valence electrons. The molecule has 6 nitrogen and oxygen atoms in total. The van der Waals surface area contributed by atoms with Crippen molar-refractivity contribution in [1.82, 2.24) is 19.8 Å². The number of likely N-dealkylation sites (tertiary alicyclic amines) is 1. The predicted octanol–water partition coefficient (Wildman–Crippen LogP) is 2.87. The van der Waals surface area contributed by atoms with Gasteiger partial charge in [-0.2, -0.15) is 0 Å². The van der Waals surface area contributed by atoms with Gasteiger partial charge in [-0.3, -0.25) is 19.7 Å². The Bertz CT molecular complexity index is 1020. The molecular formula is C25H26N4O2. The fourth-order valence-corrected chi connectivity index (χ4v) is 4.82. The predicted molar refractivity (Wildman–Crippen MR) is 117 cm³/mol. The molecule has 0 unspecified atom stereocenters. The van der Waals surface area contributed by atoms with Crippen LogP contribution in [0.5, 0.6) is 0 Å². The van der Waals surface area contributed by atoms with Gasteiger partial charge in [-0.1, -0.05) is 36.4 Å². The summed E-state index contributed by atoms with van der Waals surface area (Å²) in [5.74, 6) is 0.0165. The van der Waals surface area contributed by atoms with Crippen LogP contribution in [0.1, 0.15) is 22.6 Å². The van der Waals surface area contributed by atoms with Crippen LogP contribution in [0.4, 0.5) is 0 Å². The van der Waals surface area contributed by atoms with Crippen molar-refractivity contribution in [2.75, 3.05) is 26.2 Å². The molecule has 2 fully saturated rings. The van der Waals surface area contributed by atoms with Crippen LogP contribution in [0.15, 0.2) is 79.4 Å². The highest BCUT2D eigenvalue weighted by Crippen LogP contribution is 2.42. The van der Waals surface area contributed by atoms with Gasteiger partial charge in [0.15, 0.2) is 5.60 Å². The third-order valence-corrected chi connectivity index (χ3v) is 6.29. The van der Waals surface area contributed by atoms with Gasteiger partial charge in [0.1, 0.15) is 0 Å². The minimum atomic E-state index is -0.886. The highest BCUT2D eigenvalue weighted by atomic mass is 16.5. The van der Waals surface area contributed by atoms with Crippen molar-refractivity contribution < 1.29 is 9.53 Å². The molecule has 2 aromatic heterocycles. The van der Waals surface area contributed by atoms with Crippen molar-refractivity contribution in [3.63, 3.8) is 0 Å². The Hall–Kier alpha value is -3.09. The lowest BCUT2D eigenvalue weighted by molar-refractivity contribution is -0.173. The molecule has 1 spiro atoms. The van der Waals surface area contributed by atoms with Gasteiger partial charge in [0, 0.05) is 63.4 Å². The Labute approximate surface area is 182 Å². The number of amides is 1. The molecule has 4 heterocycles. The minimum absolute atomic E-state index is 0.0610. The zero-order chi connectivity index (χ0) is 21.1. The second kappa shape index (κ2) is 8.57. The van der Waals surface area contributed by atoms with E-state index in [-0.39, 0.29) is 11.8 Å². The molecule has 2 aliphatic heterocycles. The van der Waals surface area contributed by atoms with E-state index in [4.69, 9.17) is 4.74 Å². The average molecular weight is 415 g/mol. The number of ether oxygens (including phenoxy) is 1. The maximum atomic E-state index is 13.9. The lowest BCUT2D eigenvalue weighted by atomic mass is 9.83. The molecule has 2 aliphatic rings. The Balaban J connectivity index is 1.45. The van der Waals surface area contributed by atoms with E-state index in [0.29, 0.717) is 26.2 Å². The highest BCUT2D eigenvalue weighted by molar-refractivity contribution is 5.88. The van der Waals surface area contributed by atoms with Crippen LogP contribution < -0.4 is 0 Å². The summed E-state index contributed by atoms with van der Waals surface area (Å²) in [6.45, 7) is 3.83. The van der Waals surface area contributed by atoms with E-state index in [1.807, 2.05) is 59.9 Å². The van der Waals surface area contributed by atoms with Gasteiger partial charge in [-0.15, -0.1) is 0 Å². The summed E-state index contributed by atoms with van der Waals surface area (Å²) in [7, 11) is 0. The van der Waals surface area contributed by atoms with Crippen LogP contribution in [-0.2, 0) is 22.6 Å². The zero-order valence-electron chi connectivity index (χ0n) is 17.4. The van der Waals surface area contributed by atoms with Gasteiger partial charge in [0.2, 0.25) is 0 Å². The quantitative estimate of drug-likeness (QED) is 0.643. The third-order valence-electron chi connectivity index (χ3n) is 6.29. The van der Waals surface area contributed by atoms with Crippen molar-refractivity contribution >= 4 is 5.91 Å². The second-order valence-corrected chi connectivity index (χ2v) is 8.31. The standard InChI is InChI=1S/C25H26N4O2/c30-24-25(31-14-13-29(24)17-20-5-2-1-3-6-20)19-28(16-21-8-11-26-12-9-21)18-23(25)22-7-4-10-27-15-22/h1-12,15,23H,13-14,16-19H2/t23-,25-/m0/s1. The molecule has 0 bridgehead atoms. The molecule has 2 saturated heterocycles. The SMILES string of the molecule is O=C1N(Cc2ccccc2)CCO[C@]12CN(Cc1ccncc1)C[C@H]2c1cccnc1. The van der Waals surface area contributed by atoms with Gasteiger partial charge >= 0.3 is 0 Å². The Morgan fingerprint density at radius 1 is 0.935 bits per heavy atom. The minimum Gasteiger partial charge on any atom is -0.361 e. The molecule has 0 saturated carbocycles. The molecule has 0 radical (unpaired) electrons. The van der Waals surface area contributed by atoms with Gasteiger partial charge in [-0.05, 0) is 34.9 Å². The smallest absolute Gasteiger partial charge is 0.257 e. The van der Waals surface area contributed by atoms with Gasteiger partial charge in [0.25, 0.3) is 5.91 Å². The number of rotatable bonds is 5. The molecule has 5 rings (SSSR count). The van der Waals surface area contributed by atoms with E-state index < -0.39 is 5.60 Å². The Morgan fingerprint density at radius 2 is 1.74 bits per heavy atom. The molecular weight excluding hydrogens is 388 g/mol. The lowest BCUT2D eigenvalue weighted by Gasteiger charge is -2.42. The van der Waals surface area contributed by atoms with Gasteiger partial charge < -0.3 is 9.64 Å². The van der Waals surface area contributed by atoms with Crippen LogP contribution in [0.3, 0.4) is 0 Å². The molecule has 31 heavy (non-hydrogen) atoms. The van der Waals surface area contributed by atoms with E-state index in [1.165, 1.54) is 5.56 Å². The van der Waals surface area contributed by atoms with Crippen LogP contribution in [-0.4, -0.2) is 57.5 Å². The number of pyridine rings is 2. The number of hydrogen-bond donors (Lipinski definition) is 0. The summed E-state index contributed by atoms with van der Waals surface area (Å²) in [5.41, 5.74) is 2.48. The Morgan fingerprint density at radius 3 is 2.52 bits per heavy atom. The van der Waals surface area contributed by atoms with Gasteiger partial charge in [-0.25, -0.2) is 0 Å². The summed E-state index contributed by atoms with van der Waals surface area (Å²) < 4.78 is 6.37. The molecule has 1 aromatic carbocycles. The summed E-state index contributed by atoms with van der Waals surface area (Å²) >= 11 is 0. The largest absolute Gasteiger partial charge is 0.361 e. The maximum absolute atomic E-state index is 13.9. The molecule has 2 atom stereocenters. The fraction of sp³-hybridized carbons (Fsp3) is 0.320. The lowest BCUT2D eigenvalue weighted by Crippen LogP contribution is -2.59. The number of benzene rings is 1. The van der Waals surface area contributed by atoms with E-state index in [1.54, 1.807) is 6.20 Å².